The van der Waals surface area contributed by atoms with Gasteiger partial charge in [-0.2, -0.15) is 4.99 Å². The van der Waals surface area contributed by atoms with Gasteiger partial charge in [-0.1, -0.05) is 50.4 Å². The first-order valence-electron chi connectivity index (χ1n) is 11.5. The Morgan fingerprint density at radius 1 is 1.23 bits per heavy atom. The zero-order valence-electron chi connectivity index (χ0n) is 18.2. The number of unbranched alkanes of at least 4 members (excludes halogenated alkanes) is 1. The van der Waals surface area contributed by atoms with Crippen molar-refractivity contribution >= 4 is 38.4 Å². The topological polar surface area (TPSA) is 76.0 Å². The molecule has 0 spiro atoms. The third kappa shape index (κ3) is 5.64. The Kier molecular flexibility index (Phi) is 7.26. The van der Waals surface area contributed by atoms with Gasteiger partial charge in [-0.05, 0) is 37.3 Å². The summed E-state index contributed by atoms with van der Waals surface area (Å²) >= 11 is 1.44. The highest BCUT2D eigenvalue weighted by molar-refractivity contribution is 8.16. The van der Waals surface area contributed by atoms with Crippen LogP contribution in [0.2, 0.25) is 0 Å². The number of hydrogen-bond acceptors (Lipinski definition) is 5. The normalized spacial score (nSPS) is 26.9. The Balaban J connectivity index is 1.56. The first-order valence-corrected chi connectivity index (χ1v) is 14.2. The number of nitrogens with zero attached hydrogens (tertiary/aromatic N) is 2. The van der Waals surface area contributed by atoms with Gasteiger partial charge in [-0.3, -0.25) is 4.79 Å². The Morgan fingerprint density at radius 3 is 2.81 bits per heavy atom. The highest BCUT2D eigenvalue weighted by Crippen LogP contribution is 2.42. The number of rotatable bonds is 7. The number of anilines is 1. The van der Waals surface area contributed by atoms with Crippen LogP contribution in [0.15, 0.2) is 29.3 Å². The van der Waals surface area contributed by atoms with Crippen molar-refractivity contribution in [3.05, 3.63) is 24.3 Å². The number of carbonyl (C=O) groups excluding carboxylic acids is 1. The average Bonchev–Trinajstić information content (AvgIpc) is 3.19. The molecular weight excluding hydrogens is 432 g/mol. The summed E-state index contributed by atoms with van der Waals surface area (Å²) in [5, 5.41) is 0.548. The van der Waals surface area contributed by atoms with Crippen LogP contribution in [-0.4, -0.2) is 48.9 Å². The molecule has 1 aliphatic carbocycles. The Morgan fingerprint density at radius 2 is 2.03 bits per heavy atom. The molecule has 31 heavy (non-hydrogen) atoms. The molecule has 0 aromatic heterocycles. The minimum Gasteiger partial charge on any atom is -0.494 e. The van der Waals surface area contributed by atoms with E-state index in [1.165, 1.54) is 31.0 Å². The van der Waals surface area contributed by atoms with Gasteiger partial charge in [0.1, 0.15) is 5.75 Å². The smallest absolute Gasteiger partial charge is 0.248 e. The minimum atomic E-state index is -3.08. The standard InChI is InChI=1S/C23H32N2O4S2/c1-2-3-12-29-19-11-7-10-18(14-19)25-20-15-31(27,28)16-21(20)30-23(25)24-22(26)13-17-8-5-4-6-9-17/h7,10-11,14,17,20-21H,2-6,8-9,12-13,15-16H2,1H3/t20-,21+/m1/s1. The number of ether oxygens (including phenoxy) is 1. The molecule has 4 rings (SSSR count). The molecule has 3 aliphatic rings. The lowest BCUT2D eigenvalue weighted by Gasteiger charge is -2.25. The number of benzene rings is 1. The van der Waals surface area contributed by atoms with E-state index in [2.05, 4.69) is 11.9 Å². The van der Waals surface area contributed by atoms with Crippen molar-refractivity contribution in [2.45, 2.75) is 69.6 Å². The fourth-order valence-corrected chi connectivity index (χ4v) is 8.65. The van der Waals surface area contributed by atoms with E-state index < -0.39 is 9.84 Å². The predicted octanol–water partition coefficient (Wildman–Crippen LogP) is 4.44. The van der Waals surface area contributed by atoms with Crippen molar-refractivity contribution in [1.82, 2.24) is 0 Å². The molecule has 0 bridgehead atoms. The molecular formula is C23H32N2O4S2. The number of hydrogen-bond donors (Lipinski definition) is 0. The van der Waals surface area contributed by atoms with E-state index in [1.807, 2.05) is 29.2 Å². The molecule has 2 heterocycles. The monoisotopic (exact) mass is 464 g/mol. The molecule has 2 saturated heterocycles. The van der Waals surface area contributed by atoms with E-state index >= 15 is 0 Å². The summed E-state index contributed by atoms with van der Waals surface area (Å²) in [5.41, 5.74) is 0.843. The average molecular weight is 465 g/mol. The number of amidine groups is 1. The molecule has 2 aliphatic heterocycles. The van der Waals surface area contributed by atoms with E-state index in [-0.39, 0.29) is 28.7 Å². The van der Waals surface area contributed by atoms with Gasteiger partial charge in [0, 0.05) is 23.4 Å². The molecule has 6 nitrogen and oxygen atoms in total. The fraction of sp³-hybridized carbons (Fsp3) is 0.652. The Bertz CT molecular complexity index is 925. The van der Waals surface area contributed by atoms with Crippen LogP contribution >= 0.6 is 11.8 Å². The maximum absolute atomic E-state index is 12.8. The zero-order valence-corrected chi connectivity index (χ0v) is 19.8. The molecule has 1 amide bonds. The van der Waals surface area contributed by atoms with Crippen LogP contribution in [0.1, 0.15) is 58.3 Å². The fourth-order valence-electron chi connectivity index (χ4n) is 4.71. The second-order valence-electron chi connectivity index (χ2n) is 8.87. The summed E-state index contributed by atoms with van der Waals surface area (Å²) in [6.07, 6.45) is 8.40. The van der Waals surface area contributed by atoms with Gasteiger partial charge in [0.15, 0.2) is 15.0 Å². The molecule has 3 fully saturated rings. The Hall–Kier alpha value is -1.54. The van der Waals surface area contributed by atoms with Crippen LogP contribution in [0.3, 0.4) is 0 Å². The molecule has 1 aromatic rings. The van der Waals surface area contributed by atoms with Crippen molar-refractivity contribution in [2.75, 3.05) is 23.0 Å². The maximum atomic E-state index is 12.8. The number of amides is 1. The van der Waals surface area contributed by atoms with Gasteiger partial charge in [-0.15, -0.1) is 0 Å². The molecule has 1 aromatic carbocycles. The largest absolute Gasteiger partial charge is 0.494 e. The first-order chi connectivity index (χ1) is 14.9. The van der Waals surface area contributed by atoms with Crippen LogP contribution < -0.4 is 9.64 Å². The van der Waals surface area contributed by atoms with Crippen molar-refractivity contribution in [3.8, 4) is 5.75 Å². The second kappa shape index (κ2) is 9.94. The summed E-state index contributed by atoms with van der Waals surface area (Å²) in [7, 11) is -3.08. The van der Waals surface area contributed by atoms with E-state index in [0.717, 1.165) is 37.1 Å². The van der Waals surface area contributed by atoms with Crippen LogP contribution in [-0.2, 0) is 14.6 Å². The molecule has 0 radical (unpaired) electrons. The van der Waals surface area contributed by atoms with Gasteiger partial charge in [0.05, 0.1) is 24.2 Å². The lowest BCUT2D eigenvalue weighted by Crippen LogP contribution is -2.37. The summed E-state index contributed by atoms with van der Waals surface area (Å²) in [6.45, 7) is 2.77. The van der Waals surface area contributed by atoms with E-state index in [0.29, 0.717) is 24.1 Å². The molecule has 8 heteroatoms. The SMILES string of the molecule is CCCCOc1cccc(N2C(=NC(=O)CC3CCCCC3)S[C@H]3CS(=O)(=O)C[C@H]32)c1. The van der Waals surface area contributed by atoms with Crippen LogP contribution in [0, 0.1) is 5.92 Å². The molecule has 0 unspecified atom stereocenters. The predicted molar refractivity (Wildman–Crippen MR) is 127 cm³/mol. The van der Waals surface area contributed by atoms with E-state index in [4.69, 9.17) is 4.74 Å². The van der Waals surface area contributed by atoms with Gasteiger partial charge < -0.3 is 9.64 Å². The highest BCUT2D eigenvalue weighted by Gasteiger charge is 2.49. The maximum Gasteiger partial charge on any atom is 0.248 e. The highest BCUT2D eigenvalue weighted by atomic mass is 32.2. The van der Waals surface area contributed by atoms with E-state index in [1.54, 1.807) is 0 Å². The number of thioether (sulfide) groups is 1. The summed E-state index contributed by atoms with van der Waals surface area (Å²) < 4.78 is 30.4. The van der Waals surface area contributed by atoms with Crippen LogP contribution in [0.25, 0.3) is 0 Å². The lowest BCUT2D eigenvalue weighted by molar-refractivity contribution is -0.118. The third-order valence-electron chi connectivity index (χ3n) is 6.34. The number of fused-ring (bicyclic) bond motifs is 1. The van der Waals surface area contributed by atoms with Crippen LogP contribution in [0.4, 0.5) is 5.69 Å². The number of carbonyl (C=O) groups is 1. The third-order valence-corrected chi connectivity index (χ3v) is 9.55. The summed E-state index contributed by atoms with van der Waals surface area (Å²) in [4.78, 5) is 19.2. The summed E-state index contributed by atoms with van der Waals surface area (Å²) in [5.74, 6) is 1.34. The number of aliphatic imine (C=N–C) groups is 1. The van der Waals surface area contributed by atoms with Crippen molar-refractivity contribution in [1.29, 1.82) is 0 Å². The van der Waals surface area contributed by atoms with Gasteiger partial charge >= 0.3 is 0 Å². The zero-order chi connectivity index (χ0) is 21.8. The van der Waals surface area contributed by atoms with Crippen molar-refractivity contribution in [2.24, 2.45) is 10.9 Å². The minimum absolute atomic E-state index is 0.0856. The van der Waals surface area contributed by atoms with Crippen LogP contribution in [0.5, 0.6) is 5.75 Å². The van der Waals surface area contributed by atoms with E-state index in [9.17, 15) is 13.2 Å². The van der Waals surface area contributed by atoms with Gasteiger partial charge in [0.25, 0.3) is 0 Å². The first kappa shape index (κ1) is 22.6. The van der Waals surface area contributed by atoms with Gasteiger partial charge in [0.2, 0.25) is 5.91 Å². The number of sulfone groups is 1. The lowest BCUT2D eigenvalue weighted by atomic mass is 9.87. The van der Waals surface area contributed by atoms with Crippen molar-refractivity contribution in [3.63, 3.8) is 0 Å². The van der Waals surface area contributed by atoms with Crippen molar-refractivity contribution < 1.29 is 17.9 Å². The second-order valence-corrected chi connectivity index (χ2v) is 12.2. The molecule has 0 N–H and O–H groups in total. The quantitative estimate of drug-likeness (QED) is 0.556. The molecule has 1 saturated carbocycles. The summed E-state index contributed by atoms with van der Waals surface area (Å²) in [6, 6.07) is 7.52. The molecule has 2 atom stereocenters. The molecule has 170 valence electrons. The van der Waals surface area contributed by atoms with Gasteiger partial charge in [-0.25, -0.2) is 8.42 Å². The Labute approximate surface area is 189 Å².